The van der Waals surface area contributed by atoms with E-state index in [0.29, 0.717) is 5.56 Å². The number of phenolic OH excluding ortho intramolecular Hbond substituents is 1. The van der Waals surface area contributed by atoms with Gasteiger partial charge in [-0.25, -0.2) is 4.79 Å². The highest BCUT2D eigenvalue weighted by molar-refractivity contribution is 5.76. The van der Waals surface area contributed by atoms with Crippen LogP contribution in [-0.4, -0.2) is 28.9 Å². The number of para-hydroxylation sites is 2. The molecular weight excluding hydrogens is 284 g/mol. The maximum Gasteiger partial charge on any atom is 0.350 e. The molecule has 5 heteroatoms. The average molecular weight is 302 g/mol. The van der Waals surface area contributed by atoms with Crippen LogP contribution in [0.1, 0.15) is 18.6 Å². The van der Waals surface area contributed by atoms with Gasteiger partial charge in [0.25, 0.3) is 0 Å². The van der Waals surface area contributed by atoms with Crippen LogP contribution in [0, 0.1) is 0 Å². The maximum atomic E-state index is 12.1. The van der Waals surface area contributed by atoms with Gasteiger partial charge < -0.3 is 19.7 Å². The molecule has 0 unspecified atom stereocenters. The van der Waals surface area contributed by atoms with Crippen LogP contribution in [0.15, 0.2) is 54.6 Å². The van der Waals surface area contributed by atoms with E-state index in [2.05, 4.69) is 0 Å². The molecule has 0 spiro atoms. The fourth-order valence-corrected chi connectivity index (χ4v) is 1.98. The molecule has 0 radical (unpaired) electrons. The van der Waals surface area contributed by atoms with E-state index in [4.69, 9.17) is 9.47 Å². The number of esters is 1. The molecule has 0 saturated heterocycles. The van der Waals surface area contributed by atoms with E-state index in [-0.39, 0.29) is 18.1 Å². The van der Waals surface area contributed by atoms with Crippen molar-refractivity contribution in [2.75, 3.05) is 6.61 Å². The second-order valence-corrected chi connectivity index (χ2v) is 4.61. The van der Waals surface area contributed by atoms with E-state index in [1.807, 2.05) is 0 Å². The Labute approximate surface area is 128 Å². The largest absolute Gasteiger partial charge is 0.504 e. The van der Waals surface area contributed by atoms with Crippen LogP contribution in [0.25, 0.3) is 0 Å². The minimum Gasteiger partial charge on any atom is -0.504 e. The van der Waals surface area contributed by atoms with Gasteiger partial charge in [-0.1, -0.05) is 42.5 Å². The van der Waals surface area contributed by atoms with Gasteiger partial charge in [0, 0.05) is 0 Å². The number of ether oxygens (including phenoxy) is 2. The van der Waals surface area contributed by atoms with Gasteiger partial charge in [-0.05, 0) is 24.6 Å². The highest BCUT2D eigenvalue weighted by Gasteiger charge is 2.32. The molecule has 2 rings (SSSR count). The molecular formula is C17H18O5. The molecule has 2 atom stereocenters. The van der Waals surface area contributed by atoms with E-state index in [9.17, 15) is 15.0 Å². The second-order valence-electron chi connectivity index (χ2n) is 4.61. The number of hydrogen-bond donors (Lipinski definition) is 2. The molecule has 0 aromatic heterocycles. The molecule has 0 heterocycles. The topological polar surface area (TPSA) is 76.0 Å². The zero-order valence-electron chi connectivity index (χ0n) is 12.2. The minimum absolute atomic E-state index is 0.107. The summed E-state index contributed by atoms with van der Waals surface area (Å²) in [5.41, 5.74) is 0.524. The Bertz CT molecular complexity index is 611. The highest BCUT2D eigenvalue weighted by atomic mass is 16.6. The Hall–Kier alpha value is -2.53. The van der Waals surface area contributed by atoms with Gasteiger partial charge in [0.2, 0.25) is 6.10 Å². The summed E-state index contributed by atoms with van der Waals surface area (Å²) in [5, 5.41) is 20.2. The number of rotatable bonds is 6. The van der Waals surface area contributed by atoms with Gasteiger partial charge >= 0.3 is 5.97 Å². The molecule has 2 aromatic carbocycles. The van der Waals surface area contributed by atoms with Crippen molar-refractivity contribution in [2.24, 2.45) is 0 Å². The van der Waals surface area contributed by atoms with Crippen LogP contribution in [0.5, 0.6) is 11.5 Å². The van der Waals surface area contributed by atoms with Crippen molar-refractivity contribution in [3.8, 4) is 11.5 Å². The number of aliphatic hydroxyl groups excluding tert-OH is 1. The average Bonchev–Trinajstić information content (AvgIpc) is 2.54. The third-order valence-corrected chi connectivity index (χ3v) is 3.07. The summed E-state index contributed by atoms with van der Waals surface area (Å²) in [4.78, 5) is 12.1. The van der Waals surface area contributed by atoms with Crippen molar-refractivity contribution in [3.63, 3.8) is 0 Å². The van der Waals surface area contributed by atoms with E-state index >= 15 is 0 Å². The van der Waals surface area contributed by atoms with Crippen LogP contribution >= 0.6 is 0 Å². The van der Waals surface area contributed by atoms with Crippen LogP contribution in [0.2, 0.25) is 0 Å². The fourth-order valence-electron chi connectivity index (χ4n) is 1.98. The number of phenols is 1. The summed E-state index contributed by atoms with van der Waals surface area (Å²) in [5.74, 6) is -0.699. The van der Waals surface area contributed by atoms with E-state index < -0.39 is 18.2 Å². The molecule has 0 fully saturated rings. The minimum atomic E-state index is -1.27. The van der Waals surface area contributed by atoms with Crippen molar-refractivity contribution in [1.82, 2.24) is 0 Å². The summed E-state index contributed by atoms with van der Waals surface area (Å²) in [6, 6.07) is 14.9. The van der Waals surface area contributed by atoms with Gasteiger partial charge in [0.15, 0.2) is 11.5 Å². The normalized spacial score (nSPS) is 13.2. The first-order chi connectivity index (χ1) is 10.6. The first-order valence-corrected chi connectivity index (χ1v) is 6.97. The highest BCUT2D eigenvalue weighted by Crippen LogP contribution is 2.29. The molecule has 0 aliphatic rings. The van der Waals surface area contributed by atoms with Crippen molar-refractivity contribution in [3.05, 3.63) is 60.2 Å². The van der Waals surface area contributed by atoms with Crippen molar-refractivity contribution in [2.45, 2.75) is 19.1 Å². The lowest BCUT2D eigenvalue weighted by Gasteiger charge is -2.23. The molecule has 0 amide bonds. The monoisotopic (exact) mass is 302 g/mol. The molecule has 5 nitrogen and oxygen atoms in total. The second kappa shape index (κ2) is 7.47. The van der Waals surface area contributed by atoms with Crippen LogP contribution < -0.4 is 4.74 Å². The van der Waals surface area contributed by atoms with Gasteiger partial charge in [0.05, 0.1) is 6.61 Å². The van der Waals surface area contributed by atoms with Gasteiger partial charge in [-0.3, -0.25) is 0 Å². The van der Waals surface area contributed by atoms with Crippen molar-refractivity contribution < 1.29 is 24.5 Å². The Morgan fingerprint density at radius 2 is 1.73 bits per heavy atom. The number of carbonyl (C=O) groups excluding carboxylic acids is 1. The van der Waals surface area contributed by atoms with Crippen LogP contribution in [0.4, 0.5) is 0 Å². The third kappa shape index (κ3) is 3.77. The van der Waals surface area contributed by atoms with Gasteiger partial charge in [-0.15, -0.1) is 0 Å². The Balaban J connectivity index is 2.27. The molecule has 116 valence electrons. The molecule has 0 aliphatic carbocycles. The number of aliphatic hydroxyl groups is 1. The third-order valence-electron chi connectivity index (χ3n) is 3.07. The van der Waals surface area contributed by atoms with Gasteiger partial charge in [0.1, 0.15) is 6.10 Å². The predicted molar refractivity (Wildman–Crippen MR) is 80.6 cm³/mol. The maximum absolute atomic E-state index is 12.1. The summed E-state index contributed by atoms with van der Waals surface area (Å²) in [6.45, 7) is 1.84. The standard InChI is InChI=1S/C17H18O5/c1-2-21-17(20)16(15(19)12-8-4-3-5-9-12)22-14-11-7-6-10-13(14)18/h3-11,15-16,18-19H,2H2,1H3/t15-,16-/m1/s1. The molecule has 2 N–H and O–H groups in total. The molecule has 0 bridgehead atoms. The van der Waals surface area contributed by atoms with Crippen molar-refractivity contribution in [1.29, 1.82) is 0 Å². The zero-order chi connectivity index (χ0) is 15.9. The first-order valence-electron chi connectivity index (χ1n) is 6.97. The quantitative estimate of drug-likeness (QED) is 0.802. The van der Waals surface area contributed by atoms with Gasteiger partial charge in [-0.2, -0.15) is 0 Å². The number of hydrogen-bond acceptors (Lipinski definition) is 5. The fraction of sp³-hybridized carbons (Fsp3) is 0.235. The van der Waals surface area contributed by atoms with Crippen LogP contribution in [-0.2, 0) is 9.53 Å². The lowest BCUT2D eigenvalue weighted by Crippen LogP contribution is -2.35. The predicted octanol–water partition coefficient (Wildman–Crippen LogP) is 2.44. The Morgan fingerprint density at radius 3 is 2.36 bits per heavy atom. The number of aromatic hydroxyl groups is 1. The molecule has 22 heavy (non-hydrogen) atoms. The summed E-state index contributed by atoms with van der Waals surface area (Å²) < 4.78 is 10.5. The summed E-state index contributed by atoms with van der Waals surface area (Å²) in [7, 11) is 0. The number of carbonyl (C=O) groups is 1. The van der Waals surface area contributed by atoms with Crippen LogP contribution in [0.3, 0.4) is 0 Å². The summed E-state index contributed by atoms with van der Waals surface area (Å²) >= 11 is 0. The van der Waals surface area contributed by atoms with E-state index in [0.717, 1.165) is 0 Å². The van der Waals surface area contributed by atoms with E-state index in [1.165, 1.54) is 12.1 Å². The SMILES string of the molecule is CCOC(=O)[C@H](Oc1ccccc1O)[C@H](O)c1ccccc1. The van der Waals surface area contributed by atoms with E-state index in [1.54, 1.807) is 49.4 Å². The lowest BCUT2D eigenvalue weighted by molar-refractivity contribution is -0.157. The Morgan fingerprint density at radius 1 is 1.09 bits per heavy atom. The Kier molecular flexibility index (Phi) is 5.38. The molecule has 2 aromatic rings. The molecule has 0 saturated carbocycles. The first kappa shape index (κ1) is 15.9. The molecule has 0 aliphatic heterocycles. The number of benzene rings is 2. The summed E-state index contributed by atoms with van der Waals surface area (Å²) in [6.07, 6.45) is -2.48. The zero-order valence-corrected chi connectivity index (χ0v) is 12.2. The smallest absolute Gasteiger partial charge is 0.350 e. The van der Waals surface area contributed by atoms with Crippen molar-refractivity contribution >= 4 is 5.97 Å². The lowest BCUT2D eigenvalue weighted by atomic mass is 10.0.